The monoisotopic (exact) mass is 421 g/mol. The summed E-state index contributed by atoms with van der Waals surface area (Å²) >= 11 is 0. The van der Waals surface area contributed by atoms with Crippen LogP contribution in [0.25, 0.3) is 10.8 Å². The van der Waals surface area contributed by atoms with E-state index in [1.807, 2.05) is 0 Å². The fraction of sp³-hybridized carbons (Fsp3) is 0.100. The Balaban J connectivity index is 1.79. The third-order valence-electron chi connectivity index (χ3n) is 4.28. The van der Waals surface area contributed by atoms with E-state index in [0.717, 1.165) is 5.39 Å². The summed E-state index contributed by atoms with van der Waals surface area (Å²) in [5.41, 5.74) is 0.350. The minimum Gasteiger partial charge on any atom is -0.324 e. The normalized spacial score (nSPS) is 11.9. The van der Waals surface area contributed by atoms with Gasteiger partial charge in [0.25, 0.3) is 17.3 Å². The number of Topliss-reactive ketones (excluding diaryl/α,β-unsaturated/α-hetero) is 1. The van der Waals surface area contributed by atoms with E-state index in [1.165, 1.54) is 43.3 Å². The van der Waals surface area contributed by atoms with Gasteiger partial charge in [-0.1, -0.05) is 6.07 Å². The second-order valence-electron chi connectivity index (χ2n) is 6.49. The fourth-order valence-electron chi connectivity index (χ4n) is 2.72. The summed E-state index contributed by atoms with van der Waals surface area (Å²) in [7, 11) is 0. The maximum Gasteiger partial charge on any atom is 0.270 e. The summed E-state index contributed by atoms with van der Waals surface area (Å²) in [6.07, 6.45) is 0. The zero-order valence-corrected chi connectivity index (χ0v) is 16.1. The van der Waals surface area contributed by atoms with Crippen LogP contribution < -0.4 is 5.32 Å². The number of carbonyl (C=O) groups excluding carboxylic acids is 2. The minimum absolute atomic E-state index is 0.0884. The van der Waals surface area contributed by atoms with Gasteiger partial charge in [-0.05, 0) is 48.0 Å². The van der Waals surface area contributed by atoms with E-state index in [9.17, 15) is 29.8 Å². The lowest BCUT2D eigenvalue weighted by Crippen LogP contribution is -2.31. The van der Waals surface area contributed by atoms with Gasteiger partial charge in [-0.25, -0.2) is 0 Å². The van der Waals surface area contributed by atoms with Crippen molar-refractivity contribution in [2.45, 2.75) is 13.0 Å². The maximum atomic E-state index is 12.5. The Morgan fingerprint density at radius 1 is 0.871 bits per heavy atom. The first-order chi connectivity index (χ1) is 14.7. The van der Waals surface area contributed by atoms with Gasteiger partial charge < -0.3 is 5.32 Å². The molecule has 0 heterocycles. The topological polar surface area (TPSA) is 157 Å². The highest BCUT2D eigenvalue weighted by atomic mass is 16.6. The molecule has 0 bridgehead atoms. The van der Waals surface area contributed by atoms with Crippen molar-refractivity contribution in [3.63, 3.8) is 0 Å². The van der Waals surface area contributed by atoms with E-state index in [-0.39, 0.29) is 17.1 Å². The minimum atomic E-state index is -1.43. The first-order valence-electron chi connectivity index (χ1n) is 8.89. The molecule has 0 saturated carbocycles. The number of nitrogens with zero attached hydrogens (tertiary/aromatic N) is 4. The molecule has 0 radical (unpaired) electrons. The van der Waals surface area contributed by atoms with Gasteiger partial charge in [0.1, 0.15) is 0 Å². The molecule has 3 aromatic carbocycles. The van der Waals surface area contributed by atoms with Crippen molar-refractivity contribution in [2.24, 2.45) is 10.2 Å². The zero-order chi connectivity index (χ0) is 22.5. The fourth-order valence-corrected chi connectivity index (χ4v) is 2.72. The Bertz CT molecular complexity index is 1220. The maximum absolute atomic E-state index is 12.5. The van der Waals surface area contributed by atoms with Crippen LogP contribution in [0.5, 0.6) is 0 Å². The molecule has 0 fully saturated rings. The van der Waals surface area contributed by atoms with Gasteiger partial charge in [0.2, 0.25) is 6.04 Å². The summed E-state index contributed by atoms with van der Waals surface area (Å²) in [5.74, 6) is -1.29. The SMILES string of the molecule is CC(=O)C(N=Nc1ccc([N+](=O)[O-])cc1)C(=O)Nc1ccc2ccc([N+](=O)[O-])cc2c1. The predicted octanol–water partition coefficient (Wildman–Crippen LogP) is 4.34. The van der Waals surface area contributed by atoms with Crippen LogP contribution in [0.2, 0.25) is 0 Å². The van der Waals surface area contributed by atoms with E-state index in [1.54, 1.807) is 24.3 Å². The van der Waals surface area contributed by atoms with Crippen LogP contribution in [0.1, 0.15) is 6.92 Å². The number of ketones is 1. The largest absolute Gasteiger partial charge is 0.324 e. The highest BCUT2D eigenvalue weighted by Crippen LogP contribution is 2.24. The van der Waals surface area contributed by atoms with E-state index >= 15 is 0 Å². The molecule has 1 N–H and O–H groups in total. The molecule has 31 heavy (non-hydrogen) atoms. The second-order valence-corrected chi connectivity index (χ2v) is 6.49. The number of benzene rings is 3. The van der Waals surface area contributed by atoms with Crippen molar-refractivity contribution in [1.82, 2.24) is 0 Å². The van der Waals surface area contributed by atoms with Gasteiger partial charge in [0.15, 0.2) is 5.78 Å². The van der Waals surface area contributed by atoms with E-state index in [2.05, 4.69) is 15.5 Å². The lowest BCUT2D eigenvalue weighted by Gasteiger charge is -2.10. The number of nitro benzene ring substituents is 2. The number of amides is 1. The van der Waals surface area contributed by atoms with Gasteiger partial charge in [-0.2, -0.15) is 10.2 Å². The van der Waals surface area contributed by atoms with Crippen molar-refractivity contribution >= 4 is 45.2 Å². The highest BCUT2D eigenvalue weighted by Gasteiger charge is 2.23. The molecule has 156 valence electrons. The number of anilines is 1. The zero-order valence-electron chi connectivity index (χ0n) is 16.1. The number of nitrogens with one attached hydrogen (secondary N) is 1. The van der Waals surface area contributed by atoms with Crippen LogP contribution in [0, 0.1) is 20.2 Å². The molecule has 0 aliphatic heterocycles. The third-order valence-corrected chi connectivity index (χ3v) is 4.28. The number of fused-ring (bicyclic) bond motifs is 1. The number of carbonyl (C=O) groups is 2. The molecule has 1 amide bonds. The van der Waals surface area contributed by atoms with Crippen molar-refractivity contribution < 1.29 is 19.4 Å². The third kappa shape index (κ3) is 5.09. The van der Waals surface area contributed by atoms with Gasteiger partial charge in [-0.3, -0.25) is 29.8 Å². The Hall–Kier alpha value is -4.54. The predicted molar refractivity (Wildman–Crippen MR) is 111 cm³/mol. The molecular formula is C20H15N5O6. The molecule has 0 spiro atoms. The van der Waals surface area contributed by atoms with Crippen LogP contribution in [0.4, 0.5) is 22.7 Å². The molecule has 0 saturated heterocycles. The van der Waals surface area contributed by atoms with Gasteiger partial charge >= 0.3 is 0 Å². The Morgan fingerprint density at radius 3 is 2.10 bits per heavy atom. The first-order valence-corrected chi connectivity index (χ1v) is 8.89. The van der Waals surface area contributed by atoms with Crippen LogP contribution in [-0.4, -0.2) is 27.6 Å². The highest BCUT2D eigenvalue weighted by molar-refractivity contribution is 6.10. The van der Waals surface area contributed by atoms with Gasteiger partial charge in [-0.15, -0.1) is 0 Å². The first kappa shape index (κ1) is 21.2. The van der Waals surface area contributed by atoms with Crippen LogP contribution in [0.3, 0.4) is 0 Å². The molecular weight excluding hydrogens is 406 g/mol. The van der Waals surface area contributed by atoms with Crippen molar-refractivity contribution in [3.05, 3.63) is 80.9 Å². The molecule has 0 aromatic heterocycles. The lowest BCUT2D eigenvalue weighted by molar-refractivity contribution is -0.385. The van der Waals surface area contributed by atoms with Crippen LogP contribution >= 0.6 is 0 Å². The molecule has 11 heteroatoms. The van der Waals surface area contributed by atoms with E-state index in [4.69, 9.17) is 0 Å². The number of rotatable bonds is 7. The standard InChI is InChI=1S/C20H15N5O6/c1-12(26)19(23-22-15-5-8-17(9-6-15)24(28)29)20(27)21-16-4-2-13-3-7-18(25(30)31)11-14(13)10-16/h2-11,19H,1H3,(H,21,27). The number of non-ortho nitro benzene ring substituents is 2. The molecule has 3 rings (SSSR count). The summed E-state index contributed by atoms with van der Waals surface area (Å²) in [6.45, 7) is 1.18. The Morgan fingerprint density at radius 2 is 1.48 bits per heavy atom. The van der Waals surface area contributed by atoms with Crippen molar-refractivity contribution in [1.29, 1.82) is 0 Å². The number of hydrogen-bond donors (Lipinski definition) is 1. The number of azo groups is 1. The average Bonchev–Trinajstić information content (AvgIpc) is 2.73. The summed E-state index contributed by atoms with van der Waals surface area (Å²) < 4.78 is 0. The smallest absolute Gasteiger partial charge is 0.270 e. The molecule has 3 aromatic rings. The van der Waals surface area contributed by atoms with Gasteiger partial charge in [0, 0.05) is 30.0 Å². The van der Waals surface area contributed by atoms with Crippen molar-refractivity contribution in [2.75, 3.05) is 5.32 Å². The molecule has 1 unspecified atom stereocenters. The van der Waals surface area contributed by atoms with E-state index in [0.29, 0.717) is 11.1 Å². The Labute approximate surface area is 174 Å². The molecule has 11 nitrogen and oxygen atoms in total. The average molecular weight is 421 g/mol. The lowest BCUT2D eigenvalue weighted by atomic mass is 10.1. The second kappa shape index (κ2) is 8.86. The van der Waals surface area contributed by atoms with Crippen molar-refractivity contribution in [3.8, 4) is 0 Å². The quantitative estimate of drug-likeness (QED) is 0.259. The van der Waals surface area contributed by atoms with E-state index < -0.39 is 27.6 Å². The van der Waals surface area contributed by atoms with Crippen LogP contribution in [-0.2, 0) is 9.59 Å². The molecule has 1 atom stereocenters. The molecule has 0 aliphatic rings. The Kier molecular flexibility index (Phi) is 6.05. The summed E-state index contributed by atoms with van der Waals surface area (Å²) in [4.78, 5) is 45.0. The number of hydrogen-bond acceptors (Lipinski definition) is 8. The summed E-state index contributed by atoms with van der Waals surface area (Å²) in [6, 6.07) is 12.9. The van der Waals surface area contributed by atoms with Gasteiger partial charge in [0.05, 0.1) is 15.5 Å². The number of nitro groups is 2. The summed E-state index contributed by atoms with van der Waals surface area (Å²) in [5, 5.41) is 33.1. The van der Waals surface area contributed by atoms with Crippen LogP contribution in [0.15, 0.2) is 70.9 Å². The molecule has 0 aliphatic carbocycles.